The van der Waals surface area contributed by atoms with Gasteiger partial charge < -0.3 is 15.5 Å². The van der Waals surface area contributed by atoms with E-state index < -0.39 is 0 Å². The number of halogens is 1. The summed E-state index contributed by atoms with van der Waals surface area (Å²) >= 11 is 0. The van der Waals surface area contributed by atoms with Crippen molar-refractivity contribution in [1.82, 2.24) is 10.3 Å². The summed E-state index contributed by atoms with van der Waals surface area (Å²) in [6.45, 7) is 10.7. The van der Waals surface area contributed by atoms with Gasteiger partial charge >= 0.3 is 0 Å². The highest BCUT2D eigenvalue weighted by Gasteiger charge is 2.46. The number of benzene rings is 2. The van der Waals surface area contributed by atoms with Crippen molar-refractivity contribution in [2.75, 3.05) is 16.8 Å². The van der Waals surface area contributed by atoms with E-state index in [2.05, 4.69) is 60.0 Å². The van der Waals surface area contributed by atoms with E-state index >= 15 is 0 Å². The SMILES string of the molecule is C=C/C=C\C1=C(C)NC(=C)C12Cc1ccc(Nc3ccnc(C(=O)N4CCc5c(F)cccc54)c3)cc1C2. The Labute approximate surface area is 222 Å². The lowest BCUT2D eigenvalue weighted by molar-refractivity contribution is 0.0984. The molecule has 190 valence electrons. The third-order valence-electron chi connectivity index (χ3n) is 7.91. The number of amides is 1. The van der Waals surface area contributed by atoms with Crippen LogP contribution in [0.5, 0.6) is 0 Å². The first-order valence-electron chi connectivity index (χ1n) is 12.8. The molecular formula is C32H29FN4O. The van der Waals surface area contributed by atoms with Gasteiger partial charge in [0.25, 0.3) is 5.91 Å². The summed E-state index contributed by atoms with van der Waals surface area (Å²) in [5.74, 6) is -0.505. The number of anilines is 3. The van der Waals surface area contributed by atoms with Gasteiger partial charge in [0.2, 0.25) is 0 Å². The second kappa shape index (κ2) is 9.14. The van der Waals surface area contributed by atoms with E-state index in [0.29, 0.717) is 29.9 Å². The Morgan fingerprint density at radius 3 is 2.82 bits per heavy atom. The number of rotatable bonds is 5. The smallest absolute Gasteiger partial charge is 0.276 e. The Morgan fingerprint density at radius 2 is 1.97 bits per heavy atom. The lowest BCUT2D eigenvalue weighted by Gasteiger charge is -2.26. The number of allylic oxidation sites excluding steroid dienone is 5. The van der Waals surface area contributed by atoms with Gasteiger partial charge in [-0.25, -0.2) is 4.39 Å². The molecule has 3 aliphatic rings. The van der Waals surface area contributed by atoms with Crippen molar-refractivity contribution in [3.8, 4) is 0 Å². The quantitative estimate of drug-likeness (QED) is 0.396. The fourth-order valence-corrected chi connectivity index (χ4v) is 6.07. The Bertz CT molecular complexity index is 1570. The molecule has 5 nitrogen and oxygen atoms in total. The number of nitrogens with one attached hydrogen (secondary N) is 2. The minimum Gasteiger partial charge on any atom is -0.362 e. The lowest BCUT2D eigenvalue weighted by atomic mass is 9.76. The van der Waals surface area contributed by atoms with Crippen LogP contribution in [-0.2, 0) is 19.3 Å². The van der Waals surface area contributed by atoms with Gasteiger partial charge in [0.05, 0.1) is 5.69 Å². The Hall–Kier alpha value is -4.45. The van der Waals surface area contributed by atoms with E-state index in [-0.39, 0.29) is 17.1 Å². The second-order valence-electron chi connectivity index (χ2n) is 10.2. The fourth-order valence-electron chi connectivity index (χ4n) is 6.07. The van der Waals surface area contributed by atoms with Crippen LogP contribution in [0.2, 0.25) is 0 Å². The molecule has 6 heteroatoms. The standard InChI is InChI=1S/C32H29FN4O/c1-4-5-7-27-20(2)35-21(3)32(27)18-22-10-11-24(16-23(22)19-32)36-25-12-14-34-29(17-25)31(38)37-15-13-26-28(33)8-6-9-30(26)37/h4-12,14,16-17,35H,1,3,13,15,18-19H2,2H3,(H,34,36)/b7-5-. The molecule has 2 aliphatic heterocycles. The highest BCUT2D eigenvalue weighted by Crippen LogP contribution is 2.51. The van der Waals surface area contributed by atoms with Crippen LogP contribution in [-0.4, -0.2) is 17.4 Å². The van der Waals surface area contributed by atoms with Gasteiger partial charge in [-0.2, -0.15) is 0 Å². The van der Waals surface area contributed by atoms with E-state index in [1.165, 1.54) is 22.8 Å². The molecule has 3 heterocycles. The van der Waals surface area contributed by atoms with Crippen molar-refractivity contribution in [2.24, 2.45) is 5.41 Å². The summed E-state index contributed by atoms with van der Waals surface area (Å²) in [6, 6.07) is 14.9. The number of carbonyl (C=O) groups excluding carboxylic acids is 1. The van der Waals surface area contributed by atoms with Gasteiger partial charge in [-0.05, 0) is 79.3 Å². The van der Waals surface area contributed by atoms with Crippen LogP contribution in [0.3, 0.4) is 0 Å². The molecule has 6 rings (SSSR count). The van der Waals surface area contributed by atoms with Crippen molar-refractivity contribution in [3.05, 3.63) is 131 Å². The molecule has 0 fully saturated rings. The Kier molecular flexibility index (Phi) is 5.75. The van der Waals surface area contributed by atoms with Crippen LogP contribution in [0.4, 0.5) is 21.5 Å². The molecule has 2 aromatic carbocycles. The average molecular weight is 505 g/mol. The molecule has 0 bridgehead atoms. The van der Waals surface area contributed by atoms with Crippen molar-refractivity contribution in [1.29, 1.82) is 0 Å². The minimum absolute atomic E-state index is 0.160. The summed E-state index contributed by atoms with van der Waals surface area (Å²) in [7, 11) is 0. The predicted octanol–water partition coefficient (Wildman–Crippen LogP) is 6.39. The zero-order valence-electron chi connectivity index (χ0n) is 21.4. The summed E-state index contributed by atoms with van der Waals surface area (Å²) in [5.41, 5.74) is 9.09. The first-order valence-corrected chi connectivity index (χ1v) is 12.8. The zero-order valence-corrected chi connectivity index (χ0v) is 21.4. The highest BCUT2D eigenvalue weighted by molar-refractivity contribution is 6.06. The summed E-state index contributed by atoms with van der Waals surface area (Å²) < 4.78 is 14.2. The van der Waals surface area contributed by atoms with Crippen LogP contribution < -0.4 is 15.5 Å². The lowest BCUT2D eigenvalue weighted by Crippen LogP contribution is -2.29. The molecule has 2 N–H and O–H groups in total. The van der Waals surface area contributed by atoms with Crippen molar-refractivity contribution < 1.29 is 9.18 Å². The molecule has 0 saturated carbocycles. The van der Waals surface area contributed by atoms with Gasteiger partial charge in [-0.3, -0.25) is 9.78 Å². The van der Waals surface area contributed by atoms with Gasteiger partial charge in [0.15, 0.2) is 0 Å². The predicted molar refractivity (Wildman–Crippen MR) is 150 cm³/mol. The maximum Gasteiger partial charge on any atom is 0.276 e. The van der Waals surface area contributed by atoms with Gasteiger partial charge in [-0.1, -0.05) is 43.5 Å². The van der Waals surface area contributed by atoms with E-state index in [4.69, 9.17) is 0 Å². The second-order valence-corrected chi connectivity index (χ2v) is 10.2. The van der Waals surface area contributed by atoms with E-state index in [1.54, 1.807) is 35.4 Å². The molecule has 0 radical (unpaired) electrons. The van der Waals surface area contributed by atoms with Crippen LogP contribution in [0.25, 0.3) is 0 Å². The third kappa shape index (κ3) is 3.84. The Balaban J connectivity index is 1.23. The normalized spacial score (nSPS) is 19.7. The first-order chi connectivity index (χ1) is 18.4. The summed E-state index contributed by atoms with van der Waals surface area (Å²) in [4.78, 5) is 19.2. The molecule has 1 aromatic heterocycles. The summed E-state index contributed by atoms with van der Waals surface area (Å²) in [5, 5.41) is 6.91. The van der Waals surface area contributed by atoms with Crippen molar-refractivity contribution in [2.45, 2.75) is 26.2 Å². The number of hydrogen-bond donors (Lipinski definition) is 2. The molecule has 0 saturated heterocycles. The van der Waals surface area contributed by atoms with Crippen molar-refractivity contribution in [3.63, 3.8) is 0 Å². The first kappa shape index (κ1) is 23.9. The number of pyridine rings is 1. The van der Waals surface area contributed by atoms with E-state index in [0.717, 1.165) is 35.6 Å². The molecular weight excluding hydrogens is 475 g/mol. The molecule has 1 aliphatic carbocycles. The topological polar surface area (TPSA) is 57.3 Å². The van der Waals surface area contributed by atoms with Crippen LogP contribution in [0.15, 0.2) is 103 Å². The van der Waals surface area contributed by atoms with Gasteiger partial charge in [-0.15, -0.1) is 0 Å². The van der Waals surface area contributed by atoms with Crippen molar-refractivity contribution >= 4 is 23.0 Å². The number of carbonyl (C=O) groups is 1. The zero-order chi connectivity index (χ0) is 26.4. The van der Waals surface area contributed by atoms with E-state index in [1.807, 2.05) is 12.1 Å². The average Bonchev–Trinajstić information content (AvgIpc) is 3.57. The van der Waals surface area contributed by atoms with Gasteiger partial charge in [0.1, 0.15) is 11.5 Å². The maximum absolute atomic E-state index is 14.2. The van der Waals surface area contributed by atoms with Gasteiger partial charge in [0, 0.05) is 46.5 Å². The number of hydrogen-bond acceptors (Lipinski definition) is 4. The number of aromatic nitrogens is 1. The monoisotopic (exact) mass is 504 g/mol. The molecule has 1 spiro atoms. The molecule has 38 heavy (non-hydrogen) atoms. The highest BCUT2D eigenvalue weighted by atomic mass is 19.1. The minimum atomic E-state index is -0.272. The number of nitrogens with zero attached hydrogens (tertiary/aromatic N) is 2. The van der Waals surface area contributed by atoms with E-state index in [9.17, 15) is 9.18 Å². The molecule has 1 unspecified atom stereocenters. The Morgan fingerprint density at radius 1 is 1.16 bits per heavy atom. The molecule has 3 aromatic rings. The largest absolute Gasteiger partial charge is 0.362 e. The number of fused-ring (bicyclic) bond motifs is 2. The van der Waals surface area contributed by atoms with Crippen LogP contribution >= 0.6 is 0 Å². The summed E-state index contributed by atoms with van der Waals surface area (Å²) in [6.07, 6.45) is 9.81. The molecule has 1 amide bonds. The fraction of sp³-hybridized carbons (Fsp3) is 0.188. The molecule has 1 atom stereocenters. The van der Waals surface area contributed by atoms with Crippen LogP contribution in [0, 0.1) is 11.2 Å². The van der Waals surface area contributed by atoms with Crippen LogP contribution in [0.1, 0.15) is 34.1 Å². The maximum atomic E-state index is 14.2. The third-order valence-corrected chi connectivity index (χ3v) is 7.91.